The van der Waals surface area contributed by atoms with Gasteiger partial charge in [0.15, 0.2) is 0 Å². The van der Waals surface area contributed by atoms with E-state index in [9.17, 15) is 13.9 Å². The Kier molecular flexibility index (Phi) is 10.9. The van der Waals surface area contributed by atoms with Crippen molar-refractivity contribution in [3.63, 3.8) is 0 Å². The van der Waals surface area contributed by atoms with Gasteiger partial charge in [0, 0.05) is 84.8 Å². The highest BCUT2D eigenvalue weighted by molar-refractivity contribution is 8.03. The van der Waals surface area contributed by atoms with E-state index in [0.717, 1.165) is 41.6 Å². The van der Waals surface area contributed by atoms with E-state index in [2.05, 4.69) is 37.7 Å². The van der Waals surface area contributed by atoms with Crippen molar-refractivity contribution in [3.8, 4) is 0 Å². The second kappa shape index (κ2) is 14.9. The second-order valence-corrected chi connectivity index (χ2v) is 15.0. The van der Waals surface area contributed by atoms with Crippen LogP contribution in [0.4, 0.5) is 8.78 Å². The first-order chi connectivity index (χ1) is 23.1. The fraction of sp³-hybridized carbons (Fsp3) is 0.457. The molecule has 0 radical (unpaired) electrons. The Hall–Kier alpha value is -2.87. The third-order valence-corrected chi connectivity index (χ3v) is 11.5. The number of amidine groups is 1. The van der Waals surface area contributed by atoms with Gasteiger partial charge >= 0.3 is 0 Å². The van der Waals surface area contributed by atoms with Gasteiger partial charge in [0.2, 0.25) is 0 Å². The Labute approximate surface area is 294 Å². The number of aliphatic imine (C=N–C) groups is 2. The van der Waals surface area contributed by atoms with Crippen molar-refractivity contribution >= 4 is 46.2 Å². The maximum atomic E-state index is 14.2. The van der Waals surface area contributed by atoms with Gasteiger partial charge in [-0.3, -0.25) is 4.99 Å². The highest BCUT2D eigenvalue weighted by Gasteiger charge is 2.43. The number of benzene rings is 1. The predicted molar refractivity (Wildman–Crippen MR) is 194 cm³/mol. The molecule has 5 heterocycles. The molecule has 48 heavy (non-hydrogen) atoms. The summed E-state index contributed by atoms with van der Waals surface area (Å²) in [6, 6.07) is 4.14. The number of fused-ring (bicyclic) bond motifs is 1. The first-order valence-electron chi connectivity index (χ1n) is 16.4. The van der Waals surface area contributed by atoms with Crippen LogP contribution in [0.15, 0.2) is 86.6 Å². The van der Waals surface area contributed by atoms with Crippen LogP contribution in [-0.4, -0.2) is 81.7 Å². The number of nitrogens with one attached hydrogen (secondary N) is 2. The number of hydrogen-bond donors (Lipinski definition) is 3. The molecule has 256 valence electrons. The second-order valence-electron chi connectivity index (χ2n) is 12.7. The summed E-state index contributed by atoms with van der Waals surface area (Å²) in [5.41, 5.74) is 3.00. The van der Waals surface area contributed by atoms with Crippen molar-refractivity contribution in [2.24, 2.45) is 9.98 Å². The molecular formula is C35H42ClF2N7OS2. The van der Waals surface area contributed by atoms with Crippen LogP contribution in [-0.2, 0) is 5.60 Å². The summed E-state index contributed by atoms with van der Waals surface area (Å²) < 4.78 is 28.1. The molecular weight excluding hydrogens is 672 g/mol. The van der Waals surface area contributed by atoms with E-state index in [4.69, 9.17) is 21.6 Å². The summed E-state index contributed by atoms with van der Waals surface area (Å²) in [7, 11) is 2.04. The fourth-order valence-electron chi connectivity index (χ4n) is 6.71. The molecule has 1 fully saturated rings. The molecule has 0 saturated carbocycles. The molecule has 0 bridgehead atoms. The monoisotopic (exact) mass is 713 g/mol. The number of nitrogens with zero attached hydrogens (tertiary/aromatic N) is 5. The molecule has 6 rings (SSSR count). The standard InChI is InChI=1S/C35H42ClF2N7OS2/c1-5-35(46,34-41-12-14-48-34)19-22(3)39-10-11-40-25-18-29-30(28-9-7-24(42-28)16-21(2)37)31(26-8-6-23(38)17-27(26)36)43-32(45(29)20-25)33-44(4)13-15-47-33/h6-9,12-17,21-22,25,31,33,39-40,46H,5,10-11,18-20H2,1-4H3/b24-16+/t21?,22?,25-,31-,33?,35?/m0/s1. The minimum atomic E-state index is -1.14. The lowest BCUT2D eigenvalue weighted by atomic mass is 9.91. The van der Waals surface area contributed by atoms with Crippen molar-refractivity contribution in [2.45, 2.75) is 75.3 Å². The van der Waals surface area contributed by atoms with Gasteiger partial charge in [-0.25, -0.2) is 18.8 Å². The van der Waals surface area contributed by atoms with E-state index >= 15 is 0 Å². The lowest BCUT2D eigenvalue weighted by Gasteiger charge is -2.37. The van der Waals surface area contributed by atoms with E-state index in [-0.39, 0.29) is 17.5 Å². The third kappa shape index (κ3) is 7.49. The molecule has 6 atom stereocenters. The van der Waals surface area contributed by atoms with Gasteiger partial charge in [0.25, 0.3) is 0 Å². The van der Waals surface area contributed by atoms with Crippen molar-refractivity contribution in [3.05, 3.63) is 98.0 Å². The summed E-state index contributed by atoms with van der Waals surface area (Å²) in [4.78, 5) is 19.0. The van der Waals surface area contributed by atoms with Gasteiger partial charge in [-0.15, -0.1) is 11.3 Å². The topological polar surface area (TPSA) is 88.4 Å². The minimum Gasteiger partial charge on any atom is -0.383 e. The number of rotatable bonds is 13. The maximum Gasteiger partial charge on any atom is 0.138 e. The highest BCUT2D eigenvalue weighted by atomic mass is 35.5. The predicted octanol–water partition coefficient (Wildman–Crippen LogP) is 6.70. The molecule has 4 unspecified atom stereocenters. The van der Waals surface area contributed by atoms with E-state index in [1.54, 1.807) is 24.0 Å². The van der Waals surface area contributed by atoms with Crippen LogP contribution >= 0.6 is 34.7 Å². The molecule has 4 aliphatic rings. The summed E-state index contributed by atoms with van der Waals surface area (Å²) in [6.07, 6.45) is 9.76. The van der Waals surface area contributed by atoms with Crippen LogP contribution in [0.1, 0.15) is 56.6 Å². The molecule has 1 aromatic carbocycles. The maximum absolute atomic E-state index is 14.2. The molecule has 1 aromatic heterocycles. The third-order valence-electron chi connectivity index (χ3n) is 9.09. The van der Waals surface area contributed by atoms with Crippen molar-refractivity contribution in [2.75, 3.05) is 26.7 Å². The lowest BCUT2D eigenvalue weighted by molar-refractivity contribution is 0.0146. The first kappa shape index (κ1) is 35.0. The molecule has 8 nitrogen and oxygen atoms in total. The summed E-state index contributed by atoms with van der Waals surface area (Å²) >= 11 is 9.88. The van der Waals surface area contributed by atoms with E-state index < -0.39 is 23.6 Å². The zero-order valence-corrected chi connectivity index (χ0v) is 29.9. The van der Waals surface area contributed by atoms with E-state index in [1.165, 1.54) is 36.5 Å². The SMILES string of the molecule is CCC(O)(CC(C)NCCN[C@H]1CC2=C(C3=N/C(=C/C(C)F)C=C3)[C@H](c3ccc(F)cc3Cl)N=C(C3SC=CN3C)N2C1)c1nccs1. The number of aliphatic hydroxyl groups is 1. The largest absolute Gasteiger partial charge is 0.383 e. The van der Waals surface area contributed by atoms with Gasteiger partial charge in [-0.05, 0) is 62.5 Å². The van der Waals surface area contributed by atoms with Crippen LogP contribution < -0.4 is 10.6 Å². The van der Waals surface area contributed by atoms with E-state index in [0.29, 0.717) is 41.4 Å². The van der Waals surface area contributed by atoms with Gasteiger partial charge < -0.3 is 25.5 Å². The molecule has 3 N–H and O–H groups in total. The fourth-order valence-corrected chi connectivity index (χ4v) is 8.78. The number of likely N-dealkylation sites (N-methyl/N-ethyl adjacent to an activating group) is 1. The van der Waals surface area contributed by atoms with E-state index in [1.807, 2.05) is 37.7 Å². The number of alkyl halides is 1. The summed E-state index contributed by atoms with van der Waals surface area (Å²) in [5.74, 6) is 0.496. The number of thiazole rings is 1. The zero-order chi connectivity index (χ0) is 34.0. The van der Waals surface area contributed by atoms with Crippen LogP contribution in [0.5, 0.6) is 0 Å². The van der Waals surface area contributed by atoms with Gasteiger partial charge in [-0.2, -0.15) is 0 Å². The molecule has 4 aliphatic heterocycles. The Morgan fingerprint density at radius 2 is 2.08 bits per heavy atom. The van der Waals surface area contributed by atoms with Crippen molar-refractivity contribution in [1.29, 1.82) is 0 Å². The Morgan fingerprint density at radius 3 is 2.77 bits per heavy atom. The number of aromatic nitrogens is 1. The smallest absolute Gasteiger partial charge is 0.138 e. The van der Waals surface area contributed by atoms with Crippen molar-refractivity contribution < 1.29 is 13.9 Å². The average Bonchev–Trinajstić information content (AvgIpc) is 3.87. The van der Waals surface area contributed by atoms with Crippen LogP contribution in [0.3, 0.4) is 0 Å². The van der Waals surface area contributed by atoms with Gasteiger partial charge in [0.1, 0.15) is 39.8 Å². The van der Waals surface area contributed by atoms with Gasteiger partial charge in [-0.1, -0.05) is 36.4 Å². The zero-order valence-electron chi connectivity index (χ0n) is 27.5. The minimum absolute atomic E-state index is 0.0383. The summed E-state index contributed by atoms with van der Waals surface area (Å²) in [5, 5.41) is 23.5. The van der Waals surface area contributed by atoms with Crippen LogP contribution in [0.25, 0.3) is 0 Å². The molecule has 1 saturated heterocycles. The molecule has 0 spiro atoms. The first-order valence-corrected chi connectivity index (χ1v) is 18.6. The molecule has 2 aromatic rings. The quantitative estimate of drug-likeness (QED) is 0.199. The molecule has 0 aliphatic carbocycles. The Balaban J connectivity index is 1.25. The number of allylic oxidation sites excluding steroid dienone is 3. The number of halogens is 3. The normalized spacial score (nSPS) is 25.5. The molecule has 0 amide bonds. The highest BCUT2D eigenvalue weighted by Crippen LogP contribution is 2.45. The lowest BCUT2D eigenvalue weighted by Crippen LogP contribution is -2.45. The van der Waals surface area contributed by atoms with Crippen LogP contribution in [0.2, 0.25) is 5.02 Å². The Bertz CT molecular complexity index is 1670. The number of hydrogen-bond acceptors (Lipinski definition) is 10. The Morgan fingerprint density at radius 1 is 1.25 bits per heavy atom. The van der Waals surface area contributed by atoms with Crippen molar-refractivity contribution in [1.82, 2.24) is 25.4 Å². The van der Waals surface area contributed by atoms with Crippen LogP contribution in [0, 0.1) is 5.82 Å². The molecule has 13 heteroatoms. The number of thioether (sulfide) groups is 1. The summed E-state index contributed by atoms with van der Waals surface area (Å²) in [6.45, 7) is 7.73. The van der Waals surface area contributed by atoms with Gasteiger partial charge in [0.05, 0.1) is 11.4 Å². The average molecular weight is 714 g/mol.